The molecule has 0 fully saturated rings. The molecule has 0 aliphatic rings. The van der Waals surface area contributed by atoms with Crippen LogP contribution in [0.25, 0.3) is 55.5 Å². The maximum Gasteiger partial charge on any atom is 0.0619 e. The Labute approximate surface area is 263 Å². The highest BCUT2D eigenvalue weighted by atomic mass is 15.1. The van der Waals surface area contributed by atoms with Gasteiger partial charge in [0.05, 0.1) is 11.0 Å². The van der Waals surface area contributed by atoms with Crippen molar-refractivity contribution in [2.75, 3.05) is 4.90 Å². The molecule has 2 heteroatoms. The standard InChI is InChI=1S/C43H32N2/c1-3-31-28-41-40-29-37(26-27-42(40)45(35-14-8-5-9-15-35)43(41)39-17-11-10-16-38(31)39)44(34-12-6-4-7-13-34)36-24-22-33(23-25-36)32-20-18-30(2)19-21-32/h3-29H,1H2,2H3. The molecule has 0 bridgehead atoms. The number of anilines is 3. The highest BCUT2D eigenvalue weighted by Crippen LogP contribution is 2.42. The summed E-state index contributed by atoms with van der Waals surface area (Å²) in [5, 5.41) is 4.85. The Bertz CT molecular complexity index is 2310. The van der Waals surface area contributed by atoms with Gasteiger partial charge in [0.2, 0.25) is 0 Å². The molecule has 0 saturated heterocycles. The van der Waals surface area contributed by atoms with E-state index in [1.807, 2.05) is 6.08 Å². The highest BCUT2D eigenvalue weighted by molar-refractivity contribution is 6.21. The molecule has 1 aromatic heterocycles. The fourth-order valence-electron chi connectivity index (χ4n) is 6.62. The molecule has 0 amide bonds. The van der Waals surface area contributed by atoms with Crippen LogP contribution < -0.4 is 4.90 Å². The van der Waals surface area contributed by atoms with Gasteiger partial charge in [-0.3, -0.25) is 0 Å². The number of hydrogen-bond acceptors (Lipinski definition) is 1. The molecule has 0 spiro atoms. The summed E-state index contributed by atoms with van der Waals surface area (Å²) in [5.41, 5.74) is 11.7. The van der Waals surface area contributed by atoms with Gasteiger partial charge in [-0.1, -0.05) is 115 Å². The predicted octanol–water partition coefficient (Wildman–Crippen LogP) is 12.0. The molecule has 0 unspecified atom stereocenters. The molecule has 0 aliphatic heterocycles. The van der Waals surface area contributed by atoms with E-state index < -0.39 is 0 Å². The van der Waals surface area contributed by atoms with Crippen molar-refractivity contribution in [3.8, 4) is 16.8 Å². The minimum atomic E-state index is 1.11. The average Bonchev–Trinajstić information content (AvgIpc) is 3.43. The first-order chi connectivity index (χ1) is 22.2. The van der Waals surface area contributed by atoms with Gasteiger partial charge in [0, 0.05) is 38.9 Å². The van der Waals surface area contributed by atoms with E-state index >= 15 is 0 Å². The summed E-state index contributed by atoms with van der Waals surface area (Å²) in [7, 11) is 0. The molecule has 8 aromatic rings. The van der Waals surface area contributed by atoms with Crippen LogP contribution in [0.3, 0.4) is 0 Å². The van der Waals surface area contributed by atoms with E-state index in [0.29, 0.717) is 0 Å². The van der Waals surface area contributed by atoms with Gasteiger partial charge in [-0.25, -0.2) is 0 Å². The monoisotopic (exact) mass is 576 g/mol. The first-order valence-electron chi connectivity index (χ1n) is 15.4. The van der Waals surface area contributed by atoms with Crippen molar-refractivity contribution in [2.24, 2.45) is 0 Å². The van der Waals surface area contributed by atoms with Crippen molar-refractivity contribution in [1.82, 2.24) is 4.57 Å². The summed E-state index contributed by atoms with van der Waals surface area (Å²) in [6.07, 6.45) is 1.98. The number of fused-ring (bicyclic) bond motifs is 5. The number of aromatic nitrogens is 1. The van der Waals surface area contributed by atoms with Crippen LogP contribution in [0, 0.1) is 6.92 Å². The van der Waals surface area contributed by atoms with Crippen LogP contribution >= 0.6 is 0 Å². The molecule has 8 rings (SSSR count). The van der Waals surface area contributed by atoms with Gasteiger partial charge in [0.15, 0.2) is 0 Å². The Morgan fingerprint density at radius 3 is 1.78 bits per heavy atom. The second kappa shape index (κ2) is 11.0. The Kier molecular flexibility index (Phi) is 6.54. The molecule has 1 heterocycles. The summed E-state index contributed by atoms with van der Waals surface area (Å²) in [6.45, 7) is 6.30. The van der Waals surface area contributed by atoms with E-state index in [0.717, 1.165) is 28.3 Å². The van der Waals surface area contributed by atoms with E-state index in [-0.39, 0.29) is 0 Å². The lowest BCUT2D eigenvalue weighted by molar-refractivity contribution is 1.18. The number of hydrogen-bond donors (Lipinski definition) is 0. The zero-order valence-corrected chi connectivity index (χ0v) is 25.2. The van der Waals surface area contributed by atoms with E-state index in [1.165, 1.54) is 49.3 Å². The maximum absolute atomic E-state index is 4.18. The van der Waals surface area contributed by atoms with E-state index in [2.05, 4.69) is 181 Å². The molecule has 2 nitrogen and oxygen atoms in total. The van der Waals surface area contributed by atoms with Crippen LogP contribution in [-0.2, 0) is 0 Å². The van der Waals surface area contributed by atoms with Crippen molar-refractivity contribution in [3.63, 3.8) is 0 Å². The van der Waals surface area contributed by atoms with Gasteiger partial charge >= 0.3 is 0 Å². The van der Waals surface area contributed by atoms with Gasteiger partial charge < -0.3 is 9.47 Å². The molecule has 45 heavy (non-hydrogen) atoms. The maximum atomic E-state index is 4.18. The van der Waals surface area contributed by atoms with Crippen LogP contribution in [0.4, 0.5) is 17.1 Å². The van der Waals surface area contributed by atoms with Crippen molar-refractivity contribution in [1.29, 1.82) is 0 Å². The van der Waals surface area contributed by atoms with Crippen molar-refractivity contribution in [2.45, 2.75) is 6.92 Å². The fraction of sp³-hybridized carbons (Fsp3) is 0.0233. The minimum Gasteiger partial charge on any atom is -0.310 e. The molecule has 0 saturated carbocycles. The number of nitrogens with zero attached hydrogens (tertiary/aromatic N) is 2. The van der Waals surface area contributed by atoms with Gasteiger partial charge in [0.1, 0.15) is 0 Å². The van der Waals surface area contributed by atoms with Gasteiger partial charge in [-0.15, -0.1) is 0 Å². The van der Waals surface area contributed by atoms with E-state index in [9.17, 15) is 0 Å². The zero-order chi connectivity index (χ0) is 30.3. The first kappa shape index (κ1) is 26.7. The van der Waals surface area contributed by atoms with Crippen LogP contribution in [-0.4, -0.2) is 4.57 Å². The Morgan fingerprint density at radius 1 is 0.511 bits per heavy atom. The molecular weight excluding hydrogens is 544 g/mol. The molecule has 0 N–H and O–H groups in total. The van der Waals surface area contributed by atoms with Crippen molar-refractivity contribution in [3.05, 3.63) is 175 Å². The molecule has 0 atom stereocenters. The second-order valence-corrected chi connectivity index (χ2v) is 11.6. The van der Waals surface area contributed by atoms with E-state index in [1.54, 1.807) is 0 Å². The second-order valence-electron chi connectivity index (χ2n) is 11.6. The number of benzene rings is 7. The summed E-state index contributed by atoms with van der Waals surface area (Å²) < 4.78 is 2.41. The average molecular weight is 577 g/mol. The van der Waals surface area contributed by atoms with Crippen LogP contribution in [0.1, 0.15) is 11.1 Å². The molecule has 7 aromatic carbocycles. The smallest absolute Gasteiger partial charge is 0.0619 e. The number of para-hydroxylation sites is 2. The summed E-state index contributed by atoms with van der Waals surface area (Å²) >= 11 is 0. The van der Waals surface area contributed by atoms with Gasteiger partial charge in [0.25, 0.3) is 0 Å². The SMILES string of the molecule is C=Cc1cc2c3cc(N(c4ccccc4)c4ccc(-c5ccc(C)cc5)cc4)ccc3n(-c3ccccc3)c2c2ccccc12. The third-order valence-electron chi connectivity index (χ3n) is 8.80. The lowest BCUT2D eigenvalue weighted by Crippen LogP contribution is -2.09. The molecule has 0 radical (unpaired) electrons. The zero-order valence-electron chi connectivity index (χ0n) is 25.2. The minimum absolute atomic E-state index is 1.11. The molecule has 214 valence electrons. The number of rotatable bonds is 6. The largest absolute Gasteiger partial charge is 0.310 e. The topological polar surface area (TPSA) is 8.17 Å². The highest BCUT2D eigenvalue weighted by Gasteiger charge is 2.19. The lowest BCUT2D eigenvalue weighted by Gasteiger charge is -2.26. The third kappa shape index (κ3) is 4.59. The summed E-state index contributed by atoms with van der Waals surface area (Å²) in [6, 6.07) is 56.7. The quantitative estimate of drug-likeness (QED) is 0.191. The van der Waals surface area contributed by atoms with Crippen molar-refractivity contribution < 1.29 is 0 Å². The van der Waals surface area contributed by atoms with Crippen LogP contribution in [0.15, 0.2) is 164 Å². The van der Waals surface area contributed by atoms with Gasteiger partial charge in [-0.05, 0) is 89.7 Å². The molecular formula is C43H32N2. The fourth-order valence-corrected chi connectivity index (χ4v) is 6.62. The normalized spacial score (nSPS) is 11.3. The van der Waals surface area contributed by atoms with E-state index in [4.69, 9.17) is 0 Å². The predicted molar refractivity (Wildman–Crippen MR) is 193 cm³/mol. The summed E-state index contributed by atoms with van der Waals surface area (Å²) in [4.78, 5) is 2.35. The van der Waals surface area contributed by atoms with Gasteiger partial charge in [-0.2, -0.15) is 0 Å². The third-order valence-corrected chi connectivity index (χ3v) is 8.80. The number of aryl methyl sites for hydroxylation is 1. The van der Waals surface area contributed by atoms with Crippen LogP contribution in [0.5, 0.6) is 0 Å². The Hall–Kier alpha value is -5.86. The summed E-state index contributed by atoms with van der Waals surface area (Å²) in [5.74, 6) is 0. The van der Waals surface area contributed by atoms with Crippen LogP contribution in [0.2, 0.25) is 0 Å². The Morgan fingerprint density at radius 2 is 1.09 bits per heavy atom. The molecule has 0 aliphatic carbocycles. The Balaban J connectivity index is 1.37. The lowest BCUT2D eigenvalue weighted by atomic mass is 9.99. The first-order valence-corrected chi connectivity index (χ1v) is 15.4. The van der Waals surface area contributed by atoms with Crippen molar-refractivity contribution >= 4 is 55.7 Å².